The molecular formula is C17H23ClIN5O. The van der Waals surface area contributed by atoms with Crippen molar-refractivity contribution in [2.24, 2.45) is 4.99 Å². The average molecular weight is 476 g/mol. The highest BCUT2D eigenvalue weighted by Crippen LogP contribution is 2.20. The Bertz CT molecular complexity index is 671. The number of hydrogen-bond acceptors (Lipinski definition) is 4. The molecule has 1 aromatic heterocycles. The van der Waals surface area contributed by atoms with Crippen LogP contribution in [0.3, 0.4) is 0 Å². The lowest BCUT2D eigenvalue weighted by atomic mass is 10.2. The van der Waals surface area contributed by atoms with E-state index in [4.69, 9.17) is 16.1 Å². The van der Waals surface area contributed by atoms with Crippen LogP contribution in [0.15, 0.2) is 46.1 Å². The largest absolute Gasteiger partial charge is 0.368 e. The van der Waals surface area contributed by atoms with Gasteiger partial charge in [-0.05, 0) is 25.1 Å². The Labute approximate surface area is 170 Å². The standard InChI is InChI=1S/C17H22ClN5O.HI/c1-2-19-17(20-13-15-6-11-24-21-15)23-9-7-22(8-10-23)16-5-3-4-14(18)12-16;/h3-6,11-12H,2,7-10,13H2,1H3,(H,19,20);1H. The zero-order chi connectivity index (χ0) is 16.8. The summed E-state index contributed by atoms with van der Waals surface area (Å²) in [5.74, 6) is 0.922. The van der Waals surface area contributed by atoms with E-state index < -0.39 is 0 Å². The summed E-state index contributed by atoms with van der Waals surface area (Å²) >= 11 is 6.09. The minimum Gasteiger partial charge on any atom is -0.368 e. The molecule has 0 atom stereocenters. The molecule has 25 heavy (non-hydrogen) atoms. The summed E-state index contributed by atoms with van der Waals surface area (Å²) in [5.41, 5.74) is 2.01. The van der Waals surface area contributed by atoms with E-state index in [9.17, 15) is 0 Å². The van der Waals surface area contributed by atoms with E-state index in [2.05, 4.69) is 38.3 Å². The molecule has 1 aliphatic heterocycles. The monoisotopic (exact) mass is 475 g/mol. The van der Waals surface area contributed by atoms with Crippen LogP contribution in [0.1, 0.15) is 12.6 Å². The third-order valence-electron chi connectivity index (χ3n) is 3.97. The maximum absolute atomic E-state index is 6.09. The van der Waals surface area contributed by atoms with Crippen LogP contribution in [0.25, 0.3) is 0 Å². The number of guanidine groups is 1. The van der Waals surface area contributed by atoms with Crippen LogP contribution in [-0.4, -0.2) is 48.7 Å². The molecule has 6 nitrogen and oxygen atoms in total. The van der Waals surface area contributed by atoms with Gasteiger partial charge in [-0.2, -0.15) is 0 Å². The lowest BCUT2D eigenvalue weighted by Gasteiger charge is -2.37. The molecule has 0 bridgehead atoms. The molecule has 1 aromatic carbocycles. The van der Waals surface area contributed by atoms with Gasteiger partial charge in [0.2, 0.25) is 0 Å². The molecule has 0 saturated carbocycles. The Hall–Kier alpha value is -1.48. The van der Waals surface area contributed by atoms with Crippen molar-refractivity contribution in [2.45, 2.75) is 13.5 Å². The van der Waals surface area contributed by atoms with Crippen LogP contribution in [0.2, 0.25) is 5.02 Å². The van der Waals surface area contributed by atoms with Crippen molar-refractivity contribution in [3.8, 4) is 0 Å². The third-order valence-corrected chi connectivity index (χ3v) is 4.20. The van der Waals surface area contributed by atoms with Gasteiger partial charge < -0.3 is 19.6 Å². The number of benzene rings is 1. The fourth-order valence-corrected chi connectivity index (χ4v) is 2.93. The van der Waals surface area contributed by atoms with Crippen molar-refractivity contribution in [1.29, 1.82) is 0 Å². The van der Waals surface area contributed by atoms with Gasteiger partial charge in [0, 0.05) is 49.5 Å². The van der Waals surface area contributed by atoms with Crippen molar-refractivity contribution in [2.75, 3.05) is 37.6 Å². The molecule has 1 aliphatic rings. The second-order valence-electron chi connectivity index (χ2n) is 5.61. The first-order valence-electron chi connectivity index (χ1n) is 8.19. The molecule has 136 valence electrons. The Morgan fingerprint density at radius 3 is 2.72 bits per heavy atom. The van der Waals surface area contributed by atoms with Crippen molar-refractivity contribution >= 4 is 47.2 Å². The number of rotatable bonds is 4. The van der Waals surface area contributed by atoms with Gasteiger partial charge in [-0.3, -0.25) is 0 Å². The number of nitrogens with zero attached hydrogens (tertiary/aromatic N) is 4. The first-order valence-corrected chi connectivity index (χ1v) is 8.57. The molecule has 1 saturated heterocycles. The maximum Gasteiger partial charge on any atom is 0.194 e. The van der Waals surface area contributed by atoms with Crippen molar-refractivity contribution in [1.82, 2.24) is 15.4 Å². The molecule has 0 unspecified atom stereocenters. The van der Waals surface area contributed by atoms with Crippen molar-refractivity contribution < 1.29 is 4.52 Å². The number of aromatic nitrogens is 1. The number of nitrogens with one attached hydrogen (secondary N) is 1. The summed E-state index contributed by atoms with van der Waals surface area (Å²) < 4.78 is 4.85. The second kappa shape index (κ2) is 9.86. The van der Waals surface area contributed by atoms with Crippen LogP contribution < -0.4 is 10.2 Å². The first-order chi connectivity index (χ1) is 11.8. The second-order valence-corrected chi connectivity index (χ2v) is 6.05. The molecule has 3 rings (SSSR count). The maximum atomic E-state index is 6.09. The summed E-state index contributed by atoms with van der Waals surface area (Å²) in [6.07, 6.45) is 1.57. The quantitative estimate of drug-likeness (QED) is 0.418. The van der Waals surface area contributed by atoms with Gasteiger partial charge in [0.05, 0.1) is 6.54 Å². The number of halogens is 2. The van der Waals surface area contributed by atoms with E-state index in [1.807, 2.05) is 24.3 Å². The molecule has 2 aromatic rings. The van der Waals surface area contributed by atoms with E-state index in [0.717, 1.165) is 49.4 Å². The number of anilines is 1. The van der Waals surface area contributed by atoms with Gasteiger partial charge in [-0.15, -0.1) is 24.0 Å². The molecule has 8 heteroatoms. The van der Waals surface area contributed by atoms with Crippen LogP contribution in [0.5, 0.6) is 0 Å². The fraction of sp³-hybridized carbons (Fsp3) is 0.412. The van der Waals surface area contributed by atoms with E-state index in [1.54, 1.807) is 6.26 Å². The van der Waals surface area contributed by atoms with Crippen LogP contribution in [-0.2, 0) is 6.54 Å². The van der Waals surface area contributed by atoms with E-state index in [0.29, 0.717) is 6.54 Å². The highest BCUT2D eigenvalue weighted by molar-refractivity contribution is 14.0. The summed E-state index contributed by atoms with van der Waals surface area (Å²) in [7, 11) is 0. The molecule has 1 fully saturated rings. The minimum atomic E-state index is 0. The molecule has 0 amide bonds. The van der Waals surface area contributed by atoms with Crippen molar-refractivity contribution in [3.05, 3.63) is 47.3 Å². The van der Waals surface area contributed by atoms with Gasteiger partial charge in [-0.1, -0.05) is 22.8 Å². The topological polar surface area (TPSA) is 56.9 Å². The lowest BCUT2D eigenvalue weighted by molar-refractivity contribution is 0.372. The highest BCUT2D eigenvalue weighted by Gasteiger charge is 2.20. The highest BCUT2D eigenvalue weighted by atomic mass is 127. The predicted molar refractivity (Wildman–Crippen MR) is 112 cm³/mol. The third kappa shape index (κ3) is 5.50. The Balaban J connectivity index is 0.00000225. The van der Waals surface area contributed by atoms with Crippen LogP contribution in [0.4, 0.5) is 5.69 Å². The zero-order valence-corrected chi connectivity index (χ0v) is 17.3. The zero-order valence-electron chi connectivity index (χ0n) is 14.2. The summed E-state index contributed by atoms with van der Waals surface area (Å²) in [6, 6.07) is 9.85. The van der Waals surface area contributed by atoms with Crippen LogP contribution >= 0.6 is 35.6 Å². The Kier molecular flexibility index (Phi) is 7.83. The van der Waals surface area contributed by atoms with E-state index in [-0.39, 0.29) is 24.0 Å². The van der Waals surface area contributed by atoms with Crippen molar-refractivity contribution in [3.63, 3.8) is 0 Å². The van der Waals surface area contributed by atoms with Gasteiger partial charge >= 0.3 is 0 Å². The van der Waals surface area contributed by atoms with Gasteiger partial charge in [0.15, 0.2) is 5.96 Å². The predicted octanol–water partition coefficient (Wildman–Crippen LogP) is 3.23. The molecule has 0 spiro atoms. The summed E-state index contributed by atoms with van der Waals surface area (Å²) in [4.78, 5) is 9.29. The number of piperazine rings is 1. The van der Waals surface area contributed by atoms with Gasteiger partial charge in [-0.25, -0.2) is 4.99 Å². The van der Waals surface area contributed by atoms with E-state index >= 15 is 0 Å². The molecule has 0 aliphatic carbocycles. The minimum absolute atomic E-state index is 0. The van der Waals surface area contributed by atoms with Gasteiger partial charge in [0.25, 0.3) is 0 Å². The normalized spacial score (nSPS) is 15.0. The number of hydrogen-bond donors (Lipinski definition) is 1. The smallest absolute Gasteiger partial charge is 0.194 e. The lowest BCUT2D eigenvalue weighted by Crippen LogP contribution is -2.52. The van der Waals surface area contributed by atoms with Crippen LogP contribution in [0, 0.1) is 0 Å². The van der Waals surface area contributed by atoms with Gasteiger partial charge in [0.1, 0.15) is 12.0 Å². The first kappa shape index (κ1) is 19.8. The summed E-state index contributed by atoms with van der Waals surface area (Å²) in [6.45, 7) is 7.14. The fourth-order valence-electron chi connectivity index (χ4n) is 2.75. The Morgan fingerprint density at radius 2 is 2.08 bits per heavy atom. The molecule has 1 N–H and O–H groups in total. The number of aliphatic imine (C=N–C) groups is 1. The average Bonchev–Trinajstić information content (AvgIpc) is 3.12. The Morgan fingerprint density at radius 1 is 1.28 bits per heavy atom. The van der Waals surface area contributed by atoms with E-state index in [1.165, 1.54) is 5.69 Å². The SMILES string of the molecule is CCNC(=NCc1ccon1)N1CCN(c2cccc(Cl)c2)CC1.I. The molecule has 2 heterocycles. The molecular weight excluding hydrogens is 453 g/mol. The molecule has 0 radical (unpaired) electrons. The summed E-state index contributed by atoms with van der Waals surface area (Å²) in [5, 5.41) is 8.04.